The van der Waals surface area contributed by atoms with Gasteiger partial charge in [0, 0.05) is 4.48 Å². The number of carbonyl (C=O) groups excluding carboxylic acids is 2. The molecule has 1 saturated heterocycles. The fraction of sp³-hybridized carbons (Fsp3) is 0.636. The Labute approximate surface area is 103 Å². The van der Waals surface area contributed by atoms with E-state index in [0.29, 0.717) is 12.5 Å². The monoisotopic (exact) mass is 286 g/mol. The molecule has 0 radical (unpaired) electrons. The molecule has 1 heterocycles. The SMILES string of the molecule is C=C(Br)CN1C(=O)C(C2CC2)NC(=O)C1C. The van der Waals surface area contributed by atoms with Crippen molar-refractivity contribution in [1.82, 2.24) is 10.2 Å². The molecule has 16 heavy (non-hydrogen) atoms. The molecule has 2 aliphatic rings. The van der Waals surface area contributed by atoms with Crippen molar-refractivity contribution in [3.63, 3.8) is 0 Å². The maximum Gasteiger partial charge on any atom is 0.246 e. The molecule has 4 nitrogen and oxygen atoms in total. The molecule has 0 aromatic rings. The average Bonchev–Trinajstić information content (AvgIpc) is 3.01. The lowest BCUT2D eigenvalue weighted by Gasteiger charge is -2.37. The molecule has 1 aliphatic heterocycles. The second-order valence-corrected chi connectivity index (χ2v) is 5.60. The minimum absolute atomic E-state index is 0.0233. The van der Waals surface area contributed by atoms with Crippen LogP contribution < -0.4 is 5.32 Å². The first-order chi connectivity index (χ1) is 7.50. The maximum atomic E-state index is 12.1. The molecule has 0 spiro atoms. The number of carbonyl (C=O) groups is 2. The Morgan fingerprint density at radius 3 is 2.69 bits per heavy atom. The molecule has 5 heteroatoms. The summed E-state index contributed by atoms with van der Waals surface area (Å²) in [6.45, 7) is 5.86. The van der Waals surface area contributed by atoms with Gasteiger partial charge in [-0.1, -0.05) is 22.5 Å². The molecule has 2 rings (SSSR count). The molecular weight excluding hydrogens is 272 g/mol. The van der Waals surface area contributed by atoms with Crippen molar-refractivity contribution < 1.29 is 9.59 Å². The molecule has 88 valence electrons. The Kier molecular flexibility index (Phi) is 3.06. The highest BCUT2D eigenvalue weighted by molar-refractivity contribution is 9.11. The molecule has 2 unspecified atom stereocenters. The molecule has 1 aliphatic carbocycles. The van der Waals surface area contributed by atoms with E-state index in [4.69, 9.17) is 0 Å². The van der Waals surface area contributed by atoms with Crippen molar-refractivity contribution >= 4 is 27.7 Å². The van der Waals surface area contributed by atoms with Crippen LogP contribution in [0.2, 0.25) is 0 Å². The van der Waals surface area contributed by atoms with Crippen LogP contribution in [0.3, 0.4) is 0 Å². The minimum Gasteiger partial charge on any atom is -0.342 e. The van der Waals surface area contributed by atoms with E-state index >= 15 is 0 Å². The standard InChI is InChI=1S/C11H15BrN2O2/c1-6(12)5-14-7(2)10(15)13-9(11(14)16)8-3-4-8/h7-9H,1,3-5H2,2H3,(H,13,15). The smallest absolute Gasteiger partial charge is 0.246 e. The van der Waals surface area contributed by atoms with Gasteiger partial charge in [0.1, 0.15) is 12.1 Å². The number of rotatable bonds is 3. The second-order valence-electron chi connectivity index (χ2n) is 4.48. The zero-order chi connectivity index (χ0) is 11.9. The van der Waals surface area contributed by atoms with E-state index in [-0.39, 0.29) is 17.9 Å². The van der Waals surface area contributed by atoms with Gasteiger partial charge in [0.05, 0.1) is 6.54 Å². The van der Waals surface area contributed by atoms with Gasteiger partial charge in [-0.15, -0.1) is 0 Å². The summed E-state index contributed by atoms with van der Waals surface area (Å²) in [5.74, 6) is 0.301. The average molecular weight is 287 g/mol. The number of halogens is 1. The summed E-state index contributed by atoms with van der Waals surface area (Å²) >= 11 is 3.24. The van der Waals surface area contributed by atoms with Crippen LogP contribution in [0.1, 0.15) is 19.8 Å². The summed E-state index contributed by atoms with van der Waals surface area (Å²) in [6.07, 6.45) is 2.07. The third-order valence-electron chi connectivity index (χ3n) is 3.13. The van der Waals surface area contributed by atoms with Crippen molar-refractivity contribution in [2.24, 2.45) is 5.92 Å². The Morgan fingerprint density at radius 1 is 1.56 bits per heavy atom. The first-order valence-corrected chi connectivity index (χ1v) is 6.24. The summed E-state index contributed by atoms with van der Waals surface area (Å²) in [6, 6.07) is -0.715. The highest BCUT2D eigenvalue weighted by Gasteiger charge is 2.45. The van der Waals surface area contributed by atoms with Gasteiger partial charge in [-0.2, -0.15) is 0 Å². The number of hydrogen-bond acceptors (Lipinski definition) is 2. The van der Waals surface area contributed by atoms with Gasteiger partial charge < -0.3 is 10.2 Å². The molecule has 1 N–H and O–H groups in total. The molecule has 2 atom stereocenters. The summed E-state index contributed by atoms with van der Waals surface area (Å²) in [4.78, 5) is 25.5. The van der Waals surface area contributed by atoms with Crippen LogP contribution >= 0.6 is 15.9 Å². The molecule has 0 aromatic heterocycles. The minimum atomic E-state index is -0.406. The number of nitrogens with one attached hydrogen (secondary N) is 1. The predicted octanol–water partition coefficient (Wildman–Crippen LogP) is 1.02. The topological polar surface area (TPSA) is 49.4 Å². The molecule has 2 fully saturated rings. The number of amides is 2. The largest absolute Gasteiger partial charge is 0.342 e. The Bertz CT molecular complexity index is 352. The van der Waals surface area contributed by atoms with Gasteiger partial charge in [-0.05, 0) is 25.7 Å². The van der Waals surface area contributed by atoms with E-state index in [1.54, 1.807) is 11.8 Å². The third kappa shape index (κ3) is 2.14. The lowest BCUT2D eigenvalue weighted by atomic mass is 10.0. The lowest BCUT2D eigenvalue weighted by molar-refractivity contribution is -0.148. The third-order valence-corrected chi connectivity index (χ3v) is 3.38. The summed E-state index contributed by atoms with van der Waals surface area (Å²) in [7, 11) is 0. The fourth-order valence-electron chi connectivity index (χ4n) is 2.00. The van der Waals surface area contributed by atoms with Gasteiger partial charge in [0.15, 0.2) is 0 Å². The highest BCUT2D eigenvalue weighted by atomic mass is 79.9. The summed E-state index contributed by atoms with van der Waals surface area (Å²) in [5.41, 5.74) is 0. The van der Waals surface area contributed by atoms with Crippen LogP contribution in [0.15, 0.2) is 11.1 Å². The zero-order valence-electron chi connectivity index (χ0n) is 9.20. The van der Waals surface area contributed by atoms with Crippen molar-refractivity contribution in [2.45, 2.75) is 31.8 Å². The van der Waals surface area contributed by atoms with Gasteiger partial charge in [-0.25, -0.2) is 0 Å². The predicted molar refractivity (Wildman–Crippen MR) is 63.9 cm³/mol. The van der Waals surface area contributed by atoms with Gasteiger partial charge >= 0.3 is 0 Å². The van der Waals surface area contributed by atoms with Crippen LogP contribution in [-0.4, -0.2) is 35.3 Å². The molecule has 2 amide bonds. The lowest BCUT2D eigenvalue weighted by Crippen LogP contribution is -2.63. The Hall–Kier alpha value is -0.840. The van der Waals surface area contributed by atoms with E-state index < -0.39 is 6.04 Å². The number of piperazine rings is 1. The van der Waals surface area contributed by atoms with Crippen molar-refractivity contribution in [1.29, 1.82) is 0 Å². The Balaban J connectivity index is 2.15. The molecule has 1 saturated carbocycles. The van der Waals surface area contributed by atoms with Crippen molar-refractivity contribution in [2.75, 3.05) is 6.54 Å². The number of nitrogens with zero attached hydrogens (tertiary/aromatic N) is 1. The van der Waals surface area contributed by atoms with Crippen LogP contribution in [0.5, 0.6) is 0 Å². The van der Waals surface area contributed by atoms with Crippen LogP contribution in [0, 0.1) is 5.92 Å². The first kappa shape index (κ1) is 11.6. The zero-order valence-corrected chi connectivity index (χ0v) is 10.8. The number of hydrogen-bond donors (Lipinski definition) is 1. The first-order valence-electron chi connectivity index (χ1n) is 5.45. The van der Waals surface area contributed by atoms with E-state index in [0.717, 1.165) is 17.3 Å². The van der Waals surface area contributed by atoms with Crippen molar-refractivity contribution in [3.05, 3.63) is 11.1 Å². The molecule has 0 aromatic carbocycles. The van der Waals surface area contributed by atoms with Crippen LogP contribution in [0.25, 0.3) is 0 Å². The molecular formula is C11H15BrN2O2. The summed E-state index contributed by atoms with van der Waals surface area (Å²) in [5, 5.41) is 2.81. The van der Waals surface area contributed by atoms with E-state index in [9.17, 15) is 9.59 Å². The van der Waals surface area contributed by atoms with E-state index in [1.165, 1.54) is 0 Å². The van der Waals surface area contributed by atoms with Crippen LogP contribution in [-0.2, 0) is 9.59 Å². The van der Waals surface area contributed by atoms with Crippen LogP contribution in [0.4, 0.5) is 0 Å². The fourth-order valence-corrected chi connectivity index (χ4v) is 2.27. The quantitative estimate of drug-likeness (QED) is 0.842. The normalized spacial score (nSPS) is 30.2. The molecule has 0 bridgehead atoms. The van der Waals surface area contributed by atoms with Gasteiger partial charge in [0.2, 0.25) is 11.8 Å². The summed E-state index contributed by atoms with van der Waals surface area (Å²) < 4.78 is 0.719. The van der Waals surface area contributed by atoms with Gasteiger partial charge in [0.25, 0.3) is 0 Å². The maximum absolute atomic E-state index is 12.1. The highest BCUT2D eigenvalue weighted by Crippen LogP contribution is 2.35. The van der Waals surface area contributed by atoms with Gasteiger partial charge in [-0.3, -0.25) is 9.59 Å². The van der Waals surface area contributed by atoms with E-state index in [2.05, 4.69) is 27.8 Å². The second kappa shape index (κ2) is 4.20. The Morgan fingerprint density at radius 2 is 2.19 bits per heavy atom. The van der Waals surface area contributed by atoms with E-state index in [1.807, 2.05) is 0 Å². The van der Waals surface area contributed by atoms with Crippen molar-refractivity contribution in [3.8, 4) is 0 Å².